The van der Waals surface area contributed by atoms with Crippen LogP contribution in [0.3, 0.4) is 0 Å². The molecule has 1 aliphatic rings. The third-order valence-electron chi connectivity index (χ3n) is 4.62. The molecule has 0 spiro atoms. The fourth-order valence-corrected chi connectivity index (χ4v) is 7.03. The van der Waals surface area contributed by atoms with Crippen LogP contribution in [0.2, 0.25) is 0 Å². The van der Waals surface area contributed by atoms with Gasteiger partial charge in [-0.05, 0) is 49.0 Å². The normalized spacial score (nSPS) is 22.3. The van der Waals surface area contributed by atoms with E-state index in [1.54, 1.807) is 0 Å². The van der Waals surface area contributed by atoms with Crippen LogP contribution in [-0.2, 0) is 4.57 Å². The van der Waals surface area contributed by atoms with Gasteiger partial charge in [-0.2, -0.15) is 0 Å². The van der Waals surface area contributed by atoms with E-state index in [1.807, 2.05) is 96.5 Å². The molecule has 5 heteroatoms. The van der Waals surface area contributed by atoms with Crippen LogP contribution >= 0.6 is 19.5 Å². The summed E-state index contributed by atoms with van der Waals surface area (Å²) in [6, 6.07) is 27.5. The Morgan fingerprint density at radius 3 is 2.08 bits per heavy atom. The van der Waals surface area contributed by atoms with Crippen LogP contribution in [0.5, 0.6) is 0 Å². The molecular formula is C21H19N2OPS. The summed E-state index contributed by atoms with van der Waals surface area (Å²) in [4.78, 5) is 0. The molecule has 3 aromatic carbocycles. The van der Waals surface area contributed by atoms with Crippen molar-refractivity contribution in [3.63, 3.8) is 0 Å². The van der Waals surface area contributed by atoms with Crippen molar-refractivity contribution in [3.05, 3.63) is 96.1 Å². The Kier molecular flexibility index (Phi) is 4.39. The van der Waals surface area contributed by atoms with Gasteiger partial charge in [-0.25, -0.2) is 0 Å². The van der Waals surface area contributed by atoms with Gasteiger partial charge in [-0.15, -0.1) is 0 Å². The molecule has 3 nitrogen and oxygen atoms in total. The van der Waals surface area contributed by atoms with E-state index in [9.17, 15) is 4.57 Å². The minimum atomic E-state index is -3.08. The molecule has 0 unspecified atom stereocenters. The van der Waals surface area contributed by atoms with Crippen LogP contribution in [0, 0.1) is 6.92 Å². The van der Waals surface area contributed by atoms with Gasteiger partial charge in [0.1, 0.15) is 5.78 Å². The summed E-state index contributed by atoms with van der Waals surface area (Å²) < 4.78 is 16.4. The maximum absolute atomic E-state index is 14.5. The van der Waals surface area contributed by atoms with E-state index in [1.165, 1.54) is 5.56 Å². The number of hydrogen-bond acceptors (Lipinski definition) is 2. The quantitative estimate of drug-likeness (QED) is 0.514. The Hall–Kier alpha value is -2.42. The van der Waals surface area contributed by atoms with Gasteiger partial charge in [0.15, 0.2) is 5.11 Å². The molecule has 26 heavy (non-hydrogen) atoms. The number of thiocarbonyl (C=S) groups is 1. The minimum Gasteiger partial charge on any atom is -0.346 e. The lowest BCUT2D eigenvalue weighted by molar-refractivity contribution is 0.574. The van der Waals surface area contributed by atoms with Crippen molar-refractivity contribution < 1.29 is 4.57 Å². The van der Waals surface area contributed by atoms with Crippen molar-refractivity contribution in [1.29, 1.82) is 0 Å². The largest absolute Gasteiger partial charge is 0.346 e. The lowest BCUT2D eigenvalue weighted by Gasteiger charge is -2.28. The Balaban J connectivity index is 1.91. The highest BCUT2D eigenvalue weighted by Gasteiger charge is 2.49. The topological polar surface area (TPSA) is 32.3 Å². The van der Waals surface area contributed by atoms with E-state index in [-0.39, 0.29) is 5.78 Å². The first-order chi connectivity index (χ1) is 12.6. The summed E-state index contributed by atoms with van der Waals surface area (Å²) >= 11 is 5.62. The van der Waals surface area contributed by atoms with E-state index in [4.69, 9.17) is 12.2 Å². The molecule has 1 aliphatic heterocycles. The zero-order valence-corrected chi connectivity index (χ0v) is 16.1. The molecule has 4 rings (SSSR count). The highest BCUT2D eigenvalue weighted by Crippen LogP contribution is 2.64. The van der Waals surface area contributed by atoms with Crippen LogP contribution in [0.1, 0.15) is 16.9 Å². The third kappa shape index (κ3) is 2.76. The molecule has 0 radical (unpaired) electrons. The summed E-state index contributed by atoms with van der Waals surface area (Å²) in [5.41, 5.74) is 2.99. The van der Waals surface area contributed by atoms with Crippen molar-refractivity contribution in [2.24, 2.45) is 0 Å². The molecule has 0 aliphatic carbocycles. The molecule has 1 saturated heterocycles. The maximum atomic E-state index is 14.5. The van der Waals surface area contributed by atoms with Crippen molar-refractivity contribution >= 4 is 35.6 Å². The summed E-state index contributed by atoms with van der Waals surface area (Å²) in [6.07, 6.45) is 0. The van der Waals surface area contributed by atoms with Gasteiger partial charge in [-0.3, -0.25) is 9.24 Å². The first kappa shape index (κ1) is 17.0. The van der Waals surface area contributed by atoms with E-state index in [0.29, 0.717) is 5.11 Å². The molecule has 130 valence electrons. The number of nitrogens with zero attached hydrogens (tertiary/aromatic N) is 1. The summed E-state index contributed by atoms with van der Waals surface area (Å²) in [5, 5.41) is 4.61. The Morgan fingerprint density at radius 2 is 1.46 bits per heavy atom. The van der Waals surface area contributed by atoms with E-state index >= 15 is 0 Å². The molecule has 1 heterocycles. The van der Waals surface area contributed by atoms with Gasteiger partial charge in [0.05, 0.1) is 5.69 Å². The van der Waals surface area contributed by atoms with E-state index in [0.717, 1.165) is 16.6 Å². The second-order valence-electron chi connectivity index (χ2n) is 6.37. The number of hydrogen-bond donors (Lipinski definition) is 1. The molecule has 2 atom stereocenters. The molecule has 0 aromatic heterocycles. The van der Waals surface area contributed by atoms with Crippen molar-refractivity contribution in [2.45, 2.75) is 12.7 Å². The second kappa shape index (κ2) is 6.71. The average Bonchev–Trinajstić information content (AvgIpc) is 2.95. The van der Waals surface area contributed by atoms with Crippen LogP contribution in [-0.4, -0.2) is 5.11 Å². The molecule has 1 N–H and O–H groups in total. The van der Waals surface area contributed by atoms with Crippen molar-refractivity contribution in [2.75, 3.05) is 4.67 Å². The molecule has 1 fully saturated rings. The smallest absolute Gasteiger partial charge is 0.232 e. The summed E-state index contributed by atoms with van der Waals surface area (Å²) in [5.74, 6) is -0.377. The molecular weight excluding hydrogens is 359 g/mol. The Bertz CT molecular complexity index is 974. The fraction of sp³-hybridized carbons (Fsp3) is 0.0952. The molecule has 0 amide bonds. The van der Waals surface area contributed by atoms with Gasteiger partial charge < -0.3 is 5.32 Å². The number of para-hydroxylation sites is 1. The zero-order chi connectivity index (χ0) is 18.1. The zero-order valence-electron chi connectivity index (χ0n) is 14.4. The standard InChI is InChI=1S/C21H19N2OPS/c1-16-12-14-17(15-13-16)20-22-21(26)23(18-8-4-2-5-9-18)25(20,24)19-10-6-3-7-11-19/h2-15,20H,1H3,(H,22,26)/t20-,25-/m0/s1. The Labute approximate surface area is 159 Å². The van der Waals surface area contributed by atoms with Crippen molar-refractivity contribution in [1.82, 2.24) is 5.32 Å². The third-order valence-corrected chi connectivity index (χ3v) is 8.25. The highest BCUT2D eigenvalue weighted by molar-refractivity contribution is 7.84. The fourth-order valence-electron chi connectivity index (χ4n) is 3.31. The number of aryl methyl sites for hydroxylation is 1. The number of benzene rings is 3. The van der Waals surface area contributed by atoms with Gasteiger partial charge in [0.25, 0.3) is 0 Å². The summed E-state index contributed by atoms with van der Waals surface area (Å²) in [7, 11) is -3.08. The van der Waals surface area contributed by atoms with E-state index in [2.05, 4.69) is 5.32 Å². The highest BCUT2D eigenvalue weighted by atomic mass is 32.1. The molecule has 0 bridgehead atoms. The monoisotopic (exact) mass is 378 g/mol. The summed E-state index contributed by atoms with van der Waals surface area (Å²) in [6.45, 7) is 2.05. The van der Waals surface area contributed by atoms with Gasteiger partial charge in [-0.1, -0.05) is 66.2 Å². The Morgan fingerprint density at radius 1 is 0.885 bits per heavy atom. The second-order valence-corrected chi connectivity index (χ2v) is 9.43. The van der Waals surface area contributed by atoms with E-state index < -0.39 is 7.29 Å². The van der Waals surface area contributed by atoms with Gasteiger partial charge >= 0.3 is 0 Å². The first-order valence-corrected chi connectivity index (χ1v) is 10.6. The predicted octanol–water partition coefficient (Wildman–Crippen LogP) is 4.99. The van der Waals surface area contributed by atoms with Crippen LogP contribution in [0.15, 0.2) is 84.9 Å². The number of nitrogens with one attached hydrogen (secondary N) is 1. The SMILES string of the molecule is Cc1ccc([C@H]2NC(=S)N(c3ccccc3)[P@]2(=O)c2ccccc2)cc1. The molecule has 3 aromatic rings. The van der Waals surface area contributed by atoms with Crippen LogP contribution in [0.25, 0.3) is 0 Å². The minimum absolute atomic E-state index is 0.377. The van der Waals surface area contributed by atoms with Crippen molar-refractivity contribution in [3.8, 4) is 0 Å². The molecule has 0 saturated carbocycles. The van der Waals surface area contributed by atoms with Crippen LogP contribution < -0.4 is 15.3 Å². The predicted molar refractivity (Wildman–Crippen MR) is 112 cm³/mol. The lowest BCUT2D eigenvalue weighted by atomic mass is 10.1. The lowest BCUT2D eigenvalue weighted by Crippen LogP contribution is -2.27. The van der Waals surface area contributed by atoms with Gasteiger partial charge in [0.2, 0.25) is 7.29 Å². The number of rotatable bonds is 3. The van der Waals surface area contributed by atoms with Gasteiger partial charge in [0, 0.05) is 5.30 Å². The maximum Gasteiger partial charge on any atom is 0.232 e. The van der Waals surface area contributed by atoms with Crippen LogP contribution in [0.4, 0.5) is 5.69 Å². The first-order valence-electron chi connectivity index (χ1n) is 8.49. The average molecular weight is 378 g/mol. The number of anilines is 1.